The van der Waals surface area contributed by atoms with Crippen LogP contribution < -0.4 is 9.47 Å². The van der Waals surface area contributed by atoms with Gasteiger partial charge in [0.1, 0.15) is 11.5 Å². The average molecular weight is 349 g/mol. The van der Waals surface area contributed by atoms with Crippen LogP contribution in [0, 0.1) is 0 Å². The summed E-state index contributed by atoms with van der Waals surface area (Å²) in [5, 5.41) is 0. The second-order valence-corrected chi connectivity index (χ2v) is 6.12. The van der Waals surface area contributed by atoms with Crippen molar-refractivity contribution in [1.29, 1.82) is 0 Å². The minimum Gasteiger partial charge on any atom is -0.493 e. The molecule has 0 aliphatic heterocycles. The normalized spacial score (nSPS) is 10.7. The molecule has 0 radical (unpaired) electrons. The molecule has 0 saturated heterocycles. The van der Waals surface area contributed by atoms with Crippen LogP contribution in [0.4, 0.5) is 0 Å². The first kappa shape index (κ1) is 15.9. The predicted molar refractivity (Wildman–Crippen MR) is 90.3 cm³/mol. The van der Waals surface area contributed by atoms with Gasteiger partial charge in [0.15, 0.2) is 0 Å². The van der Waals surface area contributed by atoms with Crippen LogP contribution in [0.1, 0.15) is 31.7 Å². The highest BCUT2D eigenvalue weighted by Gasteiger charge is 2.08. The van der Waals surface area contributed by atoms with Crippen molar-refractivity contribution in [2.75, 3.05) is 13.2 Å². The predicted octanol–water partition coefficient (Wildman–Crippen LogP) is 5.42. The molecule has 0 atom stereocenters. The van der Waals surface area contributed by atoms with Crippen LogP contribution in [-0.4, -0.2) is 13.2 Å². The van der Waals surface area contributed by atoms with Gasteiger partial charge in [-0.2, -0.15) is 0 Å². The highest BCUT2D eigenvalue weighted by Crippen LogP contribution is 2.29. The standard InChI is InChI=1S/C18H21BrO2/c1-14(2)17-13-15(19)9-10-18(17)21-12-6-11-20-16-7-4-3-5-8-16/h3-5,7-10,13-14H,6,11-12H2,1-2H3. The van der Waals surface area contributed by atoms with Crippen molar-refractivity contribution in [3.63, 3.8) is 0 Å². The van der Waals surface area contributed by atoms with Gasteiger partial charge in [0.25, 0.3) is 0 Å². The Morgan fingerprint density at radius 2 is 1.67 bits per heavy atom. The molecule has 2 rings (SSSR count). The minimum absolute atomic E-state index is 0.443. The molecule has 0 amide bonds. The lowest BCUT2D eigenvalue weighted by molar-refractivity contribution is 0.246. The second-order valence-electron chi connectivity index (χ2n) is 5.20. The molecule has 0 bridgehead atoms. The summed E-state index contributed by atoms with van der Waals surface area (Å²) in [6, 6.07) is 16.0. The van der Waals surface area contributed by atoms with Crippen LogP contribution in [0.5, 0.6) is 11.5 Å². The summed E-state index contributed by atoms with van der Waals surface area (Å²) in [5.74, 6) is 2.31. The third kappa shape index (κ3) is 5.09. The molecule has 21 heavy (non-hydrogen) atoms. The van der Waals surface area contributed by atoms with Gasteiger partial charge in [0, 0.05) is 10.9 Å². The fourth-order valence-corrected chi connectivity index (χ4v) is 2.43. The van der Waals surface area contributed by atoms with Crippen molar-refractivity contribution >= 4 is 15.9 Å². The molecule has 0 heterocycles. The van der Waals surface area contributed by atoms with Crippen molar-refractivity contribution in [1.82, 2.24) is 0 Å². The van der Waals surface area contributed by atoms with Crippen molar-refractivity contribution < 1.29 is 9.47 Å². The van der Waals surface area contributed by atoms with E-state index in [1.807, 2.05) is 42.5 Å². The number of halogens is 1. The summed E-state index contributed by atoms with van der Waals surface area (Å²) >= 11 is 3.51. The number of para-hydroxylation sites is 1. The van der Waals surface area contributed by atoms with Crippen LogP contribution in [-0.2, 0) is 0 Å². The van der Waals surface area contributed by atoms with Gasteiger partial charge in [-0.25, -0.2) is 0 Å². The topological polar surface area (TPSA) is 18.5 Å². The zero-order valence-corrected chi connectivity index (χ0v) is 14.1. The highest BCUT2D eigenvalue weighted by atomic mass is 79.9. The first-order valence-corrected chi connectivity index (χ1v) is 8.06. The number of ether oxygens (including phenoxy) is 2. The van der Waals surface area contributed by atoms with Gasteiger partial charge in [-0.3, -0.25) is 0 Å². The second kappa shape index (κ2) is 8.08. The summed E-state index contributed by atoms with van der Waals surface area (Å²) in [6.07, 6.45) is 0.864. The van der Waals surface area contributed by atoms with E-state index in [0.717, 1.165) is 22.4 Å². The van der Waals surface area contributed by atoms with E-state index in [-0.39, 0.29) is 0 Å². The van der Waals surface area contributed by atoms with Gasteiger partial charge in [-0.1, -0.05) is 48.0 Å². The van der Waals surface area contributed by atoms with Crippen molar-refractivity contribution in [3.05, 3.63) is 58.6 Å². The van der Waals surface area contributed by atoms with Gasteiger partial charge >= 0.3 is 0 Å². The van der Waals surface area contributed by atoms with Gasteiger partial charge in [0.05, 0.1) is 13.2 Å². The average Bonchev–Trinajstić information content (AvgIpc) is 2.49. The zero-order valence-electron chi connectivity index (χ0n) is 12.5. The van der Waals surface area contributed by atoms with E-state index >= 15 is 0 Å². The van der Waals surface area contributed by atoms with Crippen molar-refractivity contribution in [3.8, 4) is 11.5 Å². The molecule has 3 heteroatoms. The fourth-order valence-electron chi connectivity index (χ4n) is 2.05. The third-order valence-corrected chi connectivity index (χ3v) is 3.65. The van der Waals surface area contributed by atoms with Crippen LogP contribution in [0.25, 0.3) is 0 Å². The molecule has 2 nitrogen and oxygen atoms in total. The molecule has 0 fully saturated rings. The summed E-state index contributed by atoms with van der Waals surface area (Å²) in [6.45, 7) is 5.67. The van der Waals surface area contributed by atoms with E-state index in [1.54, 1.807) is 0 Å². The van der Waals surface area contributed by atoms with E-state index in [4.69, 9.17) is 9.47 Å². The molecule has 0 N–H and O–H groups in total. The molecule has 0 aliphatic rings. The summed E-state index contributed by atoms with van der Waals surface area (Å²) in [7, 11) is 0. The summed E-state index contributed by atoms with van der Waals surface area (Å²) in [5.41, 5.74) is 1.23. The molecule has 0 spiro atoms. The quantitative estimate of drug-likeness (QED) is 0.622. The lowest BCUT2D eigenvalue weighted by atomic mass is 10.0. The monoisotopic (exact) mass is 348 g/mol. The highest BCUT2D eigenvalue weighted by molar-refractivity contribution is 9.10. The first-order valence-electron chi connectivity index (χ1n) is 7.27. The van der Waals surface area contributed by atoms with Gasteiger partial charge < -0.3 is 9.47 Å². The molecule has 2 aromatic carbocycles. The van der Waals surface area contributed by atoms with Crippen LogP contribution in [0.15, 0.2) is 53.0 Å². The lowest BCUT2D eigenvalue weighted by Crippen LogP contribution is -2.06. The number of rotatable bonds is 7. The first-order chi connectivity index (χ1) is 10.2. The smallest absolute Gasteiger partial charge is 0.122 e. The molecular weight excluding hydrogens is 328 g/mol. The number of hydrogen-bond acceptors (Lipinski definition) is 2. The molecule has 0 aliphatic carbocycles. The van der Waals surface area contributed by atoms with Crippen LogP contribution in [0.2, 0.25) is 0 Å². The Bertz CT molecular complexity index is 552. The Balaban J connectivity index is 1.78. The number of hydrogen-bond donors (Lipinski definition) is 0. The van der Waals surface area contributed by atoms with Crippen LogP contribution in [0.3, 0.4) is 0 Å². The lowest BCUT2D eigenvalue weighted by Gasteiger charge is -2.14. The Kier molecular flexibility index (Phi) is 6.12. The summed E-state index contributed by atoms with van der Waals surface area (Å²) in [4.78, 5) is 0. The molecule has 0 aromatic heterocycles. The third-order valence-electron chi connectivity index (χ3n) is 3.15. The Labute approximate surface area is 135 Å². The molecular formula is C18H21BrO2. The zero-order chi connectivity index (χ0) is 15.1. The molecule has 2 aromatic rings. The van der Waals surface area contributed by atoms with E-state index in [2.05, 4.69) is 35.8 Å². The number of benzene rings is 2. The SMILES string of the molecule is CC(C)c1cc(Br)ccc1OCCCOc1ccccc1. The molecule has 0 saturated carbocycles. The van der Waals surface area contributed by atoms with E-state index < -0.39 is 0 Å². The fraction of sp³-hybridized carbons (Fsp3) is 0.333. The maximum Gasteiger partial charge on any atom is 0.122 e. The molecule has 0 unspecified atom stereocenters. The van der Waals surface area contributed by atoms with Crippen molar-refractivity contribution in [2.45, 2.75) is 26.2 Å². The Morgan fingerprint density at radius 3 is 2.38 bits per heavy atom. The molecule has 112 valence electrons. The Morgan fingerprint density at radius 1 is 0.952 bits per heavy atom. The minimum atomic E-state index is 0.443. The maximum absolute atomic E-state index is 5.89. The largest absolute Gasteiger partial charge is 0.493 e. The van der Waals surface area contributed by atoms with Gasteiger partial charge in [-0.15, -0.1) is 0 Å². The van der Waals surface area contributed by atoms with E-state index in [9.17, 15) is 0 Å². The van der Waals surface area contributed by atoms with E-state index in [0.29, 0.717) is 19.1 Å². The van der Waals surface area contributed by atoms with Gasteiger partial charge in [0.2, 0.25) is 0 Å². The Hall–Kier alpha value is -1.48. The summed E-state index contributed by atoms with van der Waals surface area (Å²) < 4.78 is 12.6. The van der Waals surface area contributed by atoms with E-state index in [1.165, 1.54) is 5.56 Å². The maximum atomic E-state index is 5.89. The van der Waals surface area contributed by atoms with Crippen molar-refractivity contribution in [2.24, 2.45) is 0 Å². The van der Waals surface area contributed by atoms with Crippen LogP contribution >= 0.6 is 15.9 Å². The van der Waals surface area contributed by atoms with Gasteiger partial charge in [-0.05, 0) is 41.8 Å².